The van der Waals surface area contributed by atoms with Crippen LogP contribution >= 0.6 is 0 Å². The minimum Gasteiger partial charge on any atom is -0.393 e. The van der Waals surface area contributed by atoms with Gasteiger partial charge in [-0.1, -0.05) is 13.0 Å². The lowest BCUT2D eigenvalue weighted by molar-refractivity contribution is -0.0160. The zero-order valence-electron chi connectivity index (χ0n) is 8.75. The Morgan fingerprint density at radius 2 is 2.36 bits per heavy atom. The summed E-state index contributed by atoms with van der Waals surface area (Å²) in [6.07, 6.45) is 6.56. The Bertz CT molecular complexity index is 297. The molecule has 14 heavy (non-hydrogen) atoms. The Hall–Kier alpha value is -0.340. The van der Waals surface area contributed by atoms with Crippen LogP contribution in [-0.2, 0) is 4.74 Å². The third-order valence-corrected chi connectivity index (χ3v) is 4.95. The van der Waals surface area contributed by atoms with Crippen LogP contribution in [0, 0.1) is 10.8 Å². The van der Waals surface area contributed by atoms with E-state index in [-0.39, 0.29) is 16.9 Å². The molecule has 1 spiro atoms. The Kier molecular flexibility index (Phi) is 1.67. The molecule has 0 amide bonds. The molecule has 1 saturated carbocycles. The number of aliphatic hydroxyl groups is 1. The van der Waals surface area contributed by atoms with Crippen molar-refractivity contribution in [1.82, 2.24) is 0 Å². The second-order valence-corrected chi connectivity index (χ2v) is 5.31. The van der Waals surface area contributed by atoms with E-state index in [1.165, 1.54) is 5.57 Å². The summed E-state index contributed by atoms with van der Waals surface area (Å²) in [4.78, 5) is 0. The van der Waals surface area contributed by atoms with Crippen molar-refractivity contribution in [3.8, 4) is 0 Å². The van der Waals surface area contributed by atoms with Gasteiger partial charge in [0.15, 0.2) is 0 Å². The van der Waals surface area contributed by atoms with Crippen LogP contribution in [0.1, 0.15) is 32.6 Å². The molecule has 0 aromatic rings. The highest BCUT2D eigenvalue weighted by Crippen LogP contribution is 2.63. The molecule has 2 nitrogen and oxygen atoms in total. The standard InChI is InChI=1S/C12H18O2/c1-11-5-2-3-9-7-14-8-12(9,11)6-4-10(11)13/h3,10,13H,2,4-8H2,1H3. The minimum absolute atomic E-state index is 0.0909. The first kappa shape index (κ1) is 8.93. The van der Waals surface area contributed by atoms with Gasteiger partial charge in [0.05, 0.1) is 19.3 Å². The molecule has 3 unspecified atom stereocenters. The number of hydrogen-bond acceptors (Lipinski definition) is 2. The average Bonchev–Trinajstić information content (AvgIpc) is 2.68. The number of aliphatic hydroxyl groups excluding tert-OH is 1. The fraction of sp³-hybridized carbons (Fsp3) is 0.833. The van der Waals surface area contributed by atoms with E-state index in [1.807, 2.05) is 0 Å². The van der Waals surface area contributed by atoms with Crippen molar-refractivity contribution in [3.05, 3.63) is 11.6 Å². The maximum absolute atomic E-state index is 10.1. The van der Waals surface area contributed by atoms with Crippen molar-refractivity contribution in [2.45, 2.75) is 38.7 Å². The third-order valence-electron chi connectivity index (χ3n) is 4.95. The maximum Gasteiger partial charge on any atom is 0.0683 e. The summed E-state index contributed by atoms with van der Waals surface area (Å²) in [6, 6.07) is 0. The molecule has 0 aromatic carbocycles. The Labute approximate surface area is 85.0 Å². The molecule has 1 saturated heterocycles. The second kappa shape index (κ2) is 2.61. The van der Waals surface area contributed by atoms with E-state index < -0.39 is 0 Å². The zero-order valence-corrected chi connectivity index (χ0v) is 8.75. The van der Waals surface area contributed by atoms with Crippen molar-refractivity contribution in [3.63, 3.8) is 0 Å². The van der Waals surface area contributed by atoms with Crippen LogP contribution in [0.5, 0.6) is 0 Å². The van der Waals surface area contributed by atoms with E-state index >= 15 is 0 Å². The molecule has 1 heterocycles. The van der Waals surface area contributed by atoms with E-state index in [9.17, 15) is 5.11 Å². The number of rotatable bonds is 0. The third kappa shape index (κ3) is 0.801. The number of hydrogen-bond donors (Lipinski definition) is 1. The predicted molar refractivity (Wildman–Crippen MR) is 53.9 cm³/mol. The summed E-state index contributed by atoms with van der Waals surface area (Å²) >= 11 is 0. The molecule has 3 atom stereocenters. The van der Waals surface area contributed by atoms with Crippen molar-refractivity contribution >= 4 is 0 Å². The lowest BCUT2D eigenvalue weighted by atomic mass is 9.58. The van der Waals surface area contributed by atoms with Crippen molar-refractivity contribution in [1.29, 1.82) is 0 Å². The molecule has 2 heteroatoms. The Morgan fingerprint density at radius 3 is 3.21 bits per heavy atom. The van der Waals surface area contributed by atoms with Gasteiger partial charge >= 0.3 is 0 Å². The van der Waals surface area contributed by atoms with Gasteiger partial charge in [0, 0.05) is 10.8 Å². The summed E-state index contributed by atoms with van der Waals surface area (Å²) in [5, 5.41) is 10.1. The fourth-order valence-electron chi connectivity index (χ4n) is 3.84. The molecule has 2 aliphatic carbocycles. The quantitative estimate of drug-likeness (QED) is 0.597. The molecule has 2 fully saturated rings. The normalized spacial score (nSPS) is 51.3. The van der Waals surface area contributed by atoms with Crippen LogP contribution in [0.25, 0.3) is 0 Å². The molecular weight excluding hydrogens is 176 g/mol. The molecule has 0 radical (unpaired) electrons. The van der Waals surface area contributed by atoms with E-state index in [0.717, 1.165) is 38.9 Å². The SMILES string of the molecule is CC12CCC=C3COCC31CCC2O. The van der Waals surface area contributed by atoms with Gasteiger partial charge < -0.3 is 9.84 Å². The predicted octanol–water partition coefficient (Wildman–Crippen LogP) is 1.88. The molecule has 1 N–H and O–H groups in total. The smallest absolute Gasteiger partial charge is 0.0683 e. The van der Waals surface area contributed by atoms with Gasteiger partial charge in [-0.25, -0.2) is 0 Å². The molecule has 0 aromatic heterocycles. The second-order valence-electron chi connectivity index (χ2n) is 5.31. The van der Waals surface area contributed by atoms with E-state index in [0.29, 0.717) is 0 Å². The van der Waals surface area contributed by atoms with Gasteiger partial charge in [0.25, 0.3) is 0 Å². The highest BCUT2D eigenvalue weighted by atomic mass is 16.5. The van der Waals surface area contributed by atoms with Crippen LogP contribution in [0.3, 0.4) is 0 Å². The Morgan fingerprint density at radius 1 is 1.50 bits per heavy atom. The average molecular weight is 194 g/mol. The molecule has 0 bridgehead atoms. The summed E-state index contributed by atoms with van der Waals surface area (Å²) in [6.45, 7) is 3.90. The van der Waals surface area contributed by atoms with Crippen molar-refractivity contribution < 1.29 is 9.84 Å². The molecular formula is C12H18O2. The van der Waals surface area contributed by atoms with Gasteiger partial charge in [-0.2, -0.15) is 0 Å². The van der Waals surface area contributed by atoms with E-state index in [4.69, 9.17) is 4.74 Å². The van der Waals surface area contributed by atoms with E-state index in [2.05, 4.69) is 13.0 Å². The first-order valence-electron chi connectivity index (χ1n) is 5.64. The number of allylic oxidation sites excluding steroid dienone is 1. The summed E-state index contributed by atoms with van der Waals surface area (Å²) in [5.74, 6) is 0. The van der Waals surface area contributed by atoms with Crippen molar-refractivity contribution in [2.75, 3.05) is 13.2 Å². The van der Waals surface area contributed by atoms with Crippen LogP contribution in [0.4, 0.5) is 0 Å². The van der Waals surface area contributed by atoms with Crippen LogP contribution < -0.4 is 0 Å². The van der Waals surface area contributed by atoms with Gasteiger partial charge in [0.1, 0.15) is 0 Å². The fourth-order valence-corrected chi connectivity index (χ4v) is 3.84. The highest BCUT2D eigenvalue weighted by Gasteiger charge is 2.61. The van der Waals surface area contributed by atoms with Crippen LogP contribution in [-0.4, -0.2) is 24.4 Å². The summed E-state index contributed by atoms with van der Waals surface area (Å²) < 4.78 is 5.63. The topological polar surface area (TPSA) is 29.5 Å². The lowest BCUT2D eigenvalue weighted by Crippen LogP contribution is -2.44. The van der Waals surface area contributed by atoms with Crippen molar-refractivity contribution in [2.24, 2.45) is 10.8 Å². The van der Waals surface area contributed by atoms with Crippen LogP contribution in [0.15, 0.2) is 11.6 Å². The molecule has 3 rings (SSSR count). The Balaban J connectivity index is 2.12. The zero-order chi connectivity index (χ0) is 9.81. The summed E-state index contributed by atoms with van der Waals surface area (Å²) in [7, 11) is 0. The molecule has 78 valence electrons. The first-order valence-corrected chi connectivity index (χ1v) is 5.64. The number of ether oxygens (including phenoxy) is 1. The maximum atomic E-state index is 10.1. The minimum atomic E-state index is -0.118. The van der Waals surface area contributed by atoms with Crippen LogP contribution in [0.2, 0.25) is 0 Å². The largest absolute Gasteiger partial charge is 0.393 e. The first-order chi connectivity index (χ1) is 6.69. The van der Waals surface area contributed by atoms with Gasteiger partial charge in [-0.05, 0) is 31.3 Å². The van der Waals surface area contributed by atoms with Gasteiger partial charge in [-0.3, -0.25) is 0 Å². The van der Waals surface area contributed by atoms with Gasteiger partial charge in [-0.15, -0.1) is 0 Å². The van der Waals surface area contributed by atoms with Gasteiger partial charge in [0.2, 0.25) is 0 Å². The molecule has 3 aliphatic rings. The lowest BCUT2D eigenvalue weighted by Gasteiger charge is -2.45. The van der Waals surface area contributed by atoms with E-state index in [1.54, 1.807) is 0 Å². The summed E-state index contributed by atoms with van der Waals surface area (Å²) in [5.41, 5.74) is 1.76. The molecule has 1 aliphatic heterocycles. The highest BCUT2D eigenvalue weighted by molar-refractivity contribution is 5.30. The monoisotopic (exact) mass is 194 g/mol.